The van der Waals surface area contributed by atoms with Crippen molar-refractivity contribution in [1.82, 2.24) is 14.6 Å². The van der Waals surface area contributed by atoms with Gasteiger partial charge in [-0.05, 0) is 24.6 Å². The lowest BCUT2D eigenvalue weighted by Crippen LogP contribution is -2.23. The Balaban J connectivity index is 1.95. The number of aryl methyl sites for hydroxylation is 1. The third-order valence-electron chi connectivity index (χ3n) is 4.06. The minimum Gasteiger partial charge on any atom is -0.496 e. The highest BCUT2D eigenvalue weighted by Gasteiger charge is 2.15. The number of thiazole rings is 1. The van der Waals surface area contributed by atoms with Crippen LogP contribution in [0.3, 0.4) is 0 Å². The van der Waals surface area contributed by atoms with Crippen LogP contribution in [-0.2, 0) is 0 Å². The third kappa shape index (κ3) is 2.60. The molecule has 0 spiro atoms. The number of para-hydroxylation sites is 1. The van der Waals surface area contributed by atoms with Gasteiger partial charge in [-0.1, -0.05) is 53.8 Å². The van der Waals surface area contributed by atoms with Gasteiger partial charge >= 0.3 is 0 Å². The van der Waals surface area contributed by atoms with E-state index >= 15 is 0 Å². The largest absolute Gasteiger partial charge is 0.496 e. The molecule has 0 fully saturated rings. The van der Waals surface area contributed by atoms with E-state index in [4.69, 9.17) is 4.74 Å². The predicted octanol–water partition coefficient (Wildman–Crippen LogP) is 2.68. The maximum Gasteiger partial charge on any atom is 0.276 e. The Hall–Kier alpha value is -2.99. The van der Waals surface area contributed by atoms with Crippen molar-refractivity contribution in [3.05, 3.63) is 74.5 Å². The molecule has 0 atom stereocenters. The first-order valence-corrected chi connectivity index (χ1v) is 8.59. The minimum absolute atomic E-state index is 0.117. The Labute approximate surface area is 147 Å². The molecule has 0 aliphatic rings. The lowest BCUT2D eigenvalue weighted by Gasteiger charge is -2.02. The van der Waals surface area contributed by atoms with Gasteiger partial charge in [-0.2, -0.15) is 0 Å². The van der Waals surface area contributed by atoms with Crippen molar-refractivity contribution < 1.29 is 4.74 Å². The highest BCUT2D eigenvalue weighted by atomic mass is 32.1. The van der Waals surface area contributed by atoms with Crippen LogP contribution in [0.4, 0.5) is 0 Å². The standard InChI is InChI=1S/C19H15N3O2S/c1-12-7-3-5-9-14(12)17-20-21-19-22(17)18(23)16(25-19)11-13-8-4-6-10-15(13)24-2/h3-11H,1-2H3. The third-order valence-corrected chi connectivity index (χ3v) is 5.02. The van der Waals surface area contributed by atoms with Crippen LogP contribution < -0.4 is 14.8 Å². The van der Waals surface area contributed by atoms with E-state index in [1.807, 2.05) is 61.5 Å². The second kappa shape index (κ2) is 6.14. The molecule has 0 saturated carbocycles. The first kappa shape index (κ1) is 15.5. The minimum atomic E-state index is -0.117. The zero-order chi connectivity index (χ0) is 17.4. The van der Waals surface area contributed by atoms with E-state index in [1.165, 1.54) is 11.3 Å². The Morgan fingerprint density at radius 3 is 2.64 bits per heavy atom. The zero-order valence-electron chi connectivity index (χ0n) is 13.8. The van der Waals surface area contributed by atoms with E-state index in [0.717, 1.165) is 22.4 Å². The maximum absolute atomic E-state index is 12.9. The van der Waals surface area contributed by atoms with Gasteiger partial charge in [0, 0.05) is 11.1 Å². The van der Waals surface area contributed by atoms with Gasteiger partial charge in [-0.3, -0.25) is 4.79 Å². The van der Waals surface area contributed by atoms with E-state index in [0.29, 0.717) is 15.3 Å². The number of nitrogens with zero attached hydrogens (tertiary/aromatic N) is 3. The SMILES string of the molecule is COc1ccccc1C=c1sc2nnc(-c3ccccc3C)n2c1=O. The quantitative estimate of drug-likeness (QED) is 0.571. The molecule has 0 bridgehead atoms. The van der Waals surface area contributed by atoms with E-state index < -0.39 is 0 Å². The average Bonchev–Trinajstić information content (AvgIpc) is 3.17. The van der Waals surface area contributed by atoms with E-state index in [2.05, 4.69) is 10.2 Å². The normalized spacial score (nSPS) is 12.0. The molecule has 4 rings (SSSR count). The average molecular weight is 349 g/mol. The number of rotatable bonds is 3. The highest BCUT2D eigenvalue weighted by molar-refractivity contribution is 7.15. The summed E-state index contributed by atoms with van der Waals surface area (Å²) >= 11 is 1.33. The Morgan fingerprint density at radius 2 is 1.84 bits per heavy atom. The molecule has 0 aliphatic carbocycles. The van der Waals surface area contributed by atoms with Crippen LogP contribution in [0.25, 0.3) is 22.4 Å². The molecule has 0 radical (unpaired) electrons. The van der Waals surface area contributed by atoms with Gasteiger partial charge in [0.1, 0.15) is 5.75 Å². The number of hydrogen-bond donors (Lipinski definition) is 0. The predicted molar refractivity (Wildman–Crippen MR) is 99.1 cm³/mol. The second-order valence-electron chi connectivity index (χ2n) is 5.61. The van der Waals surface area contributed by atoms with E-state index in [-0.39, 0.29) is 5.56 Å². The van der Waals surface area contributed by atoms with Crippen LogP contribution in [0.15, 0.2) is 53.3 Å². The lowest BCUT2D eigenvalue weighted by atomic mass is 10.1. The highest BCUT2D eigenvalue weighted by Crippen LogP contribution is 2.22. The van der Waals surface area contributed by atoms with Crippen molar-refractivity contribution in [2.24, 2.45) is 0 Å². The number of aromatic nitrogens is 3. The molecular weight excluding hydrogens is 334 g/mol. The first-order chi connectivity index (χ1) is 12.2. The molecular formula is C19H15N3O2S. The number of benzene rings is 2. The molecule has 2 aromatic carbocycles. The summed E-state index contributed by atoms with van der Waals surface area (Å²) < 4.78 is 7.54. The summed E-state index contributed by atoms with van der Waals surface area (Å²) in [5.74, 6) is 1.30. The van der Waals surface area contributed by atoms with Crippen LogP contribution in [0.1, 0.15) is 11.1 Å². The molecule has 25 heavy (non-hydrogen) atoms. The summed E-state index contributed by atoms with van der Waals surface area (Å²) in [6.07, 6.45) is 1.84. The van der Waals surface area contributed by atoms with Gasteiger partial charge < -0.3 is 4.74 Å². The molecule has 2 aromatic heterocycles. The molecule has 0 aliphatic heterocycles. The molecule has 0 N–H and O–H groups in total. The molecule has 0 saturated heterocycles. The van der Waals surface area contributed by atoms with Crippen molar-refractivity contribution in [3.8, 4) is 17.1 Å². The van der Waals surface area contributed by atoms with E-state index in [9.17, 15) is 4.79 Å². The van der Waals surface area contributed by atoms with Gasteiger partial charge in [0.25, 0.3) is 5.56 Å². The molecule has 124 valence electrons. The first-order valence-electron chi connectivity index (χ1n) is 7.77. The fourth-order valence-corrected chi connectivity index (χ4v) is 3.69. The van der Waals surface area contributed by atoms with Gasteiger partial charge in [0.2, 0.25) is 4.96 Å². The molecule has 6 heteroatoms. The molecule has 5 nitrogen and oxygen atoms in total. The van der Waals surface area contributed by atoms with Crippen molar-refractivity contribution in [2.45, 2.75) is 6.92 Å². The summed E-state index contributed by atoms with van der Waals surface area (Å²) in [4.78, 5) is 13.5. The van der Waals surface area contributed by atoms with Gasteiger partial charge in [-0.15, -0.1) is 10.2 Å². The van der Waals surface area contributed by atoms with Crippen molar-refractivity contribution in [2.75, 3.05) is 7.11 Å². The number of hydrogen-bond acceptors (Lipinski definition) is 5. The Morgan fingerprint density at radius 1 is 1.08 bits per heavy atom. The van der Waals surface area contributed by atoms with Crippen LogP contribution in [-0.4, -0.2) is 21.7 Å². The van der Waals surface area contributed by atoms with E-state index in [1.54, 1.807) is 11.5 Å². The van der Waals surface area contributed by atoms with Crippen LogP contribution >= 0.6 is 11.3 Å². The fourth-order valence-electron chi connectivity index (χ4n) is 2.79. The van der Waals surface area contributed by atoms with Crippen LogP contribution in [0.5, 0.6) is 5.75 Å². The van der Waals surface area contributed by atoms with Crippen molar-refractivity contribution in [3.63, 3.8) is 0 Å². The van der Waals surface area contributed by atoms with Crippen molar-refractivity contribution >= 4 is 22.4 Å². The summed E-state index contributed by atoms with van der Waals surface area (Å²) in [5, 5.41) is 8.40. The van der Waals surface area contributed by atoms with Crippen LogP contribution in [0, 0.1) is 6.92 Å². The Kier molecular flexibility index (Phi) is 3.82. The summed E-state index contributed by atoms with van der Waals surface area (Å²) in [7, 11) is 1.62. The second-order valence-corrected chi connectivity index (χ2v) is 6.62. The number of ether oxygens (including phenoxy) is 1. The fraction of sp³-hybridized carbons (Fsp3) is 0.105. The smallest absolute Gasteiger partial charge is 0.276 e. The zero-order valence-corrected chi connectivity index (χ0v) is 14.6. The molecule has 0 unspecified atom stereocenters. The van der Waals surface area contributed by atoms with Gasteiger partial charge in [0.05, 0.1) is 11.6 Å². The molecule has 2 heterocycles. The Bertz CT molecular complexity index is 1180. The number of fused-ring (bicyclic) bond motifs is 1. The monoisotopic (exact) mass is 349 g/mol. The van der Waals surface area contributed by atoms with Gasteiger partial charge in [-0.25, -0.2) is 4.40 Å². The summed E-state index contributed by atoms with van der Waals surface area (Å²) in [6, 6.07) is 15.4. The van der Waals surface area contributed by atoms with Gasteiger partial charge in [0.15, 0.2) is 5.82 Å². The lowest BCUT2D eigenvalue weighted by molar-refractivity contribution is 0.414. The summed E-state index contributed by atoms with van der Waals surface area (Å²) in [5.41, 5.74) is 2.71. The summed E-state index contributed by atoms with van der Waals surface area (Å²) in [6.45, 7) is 2.00. The van der Waals surface area contributed by atoms with Crippen molar-refractivity contribution in [1.29, 1.82) is 0 Å². The van der Waals surface area contributed by atoms with Crippen LogP contribution in [0.2, 0.25) is 0 Å². The maximum atomic E-state index is 12.9. The molecule has 4 aromatic rings. The number of methoxy groups -OCH3 is 1. The topological polar surface area (TPSA) is 56.5 Å². The molecule has 0 amide bonds.